The zero-order valence-corrected chi connectivity index (χ0v) is 15.4. The molecule has 1 aliphatic rings. The van der Waals surface area contributed by atoms with Crippen LogP contribution in [0.5, 0.6) is 0 Å². The monoisotopic (exact) mass is 404 g/mol. The first kappa shape index (κ1) is 20.5. The lowest BCUT2D eigenvalue weighted by Gasteiger charge is -2.33. The Hall–Kier alpha value is -3.21. The van der Waals surface area contributed by atoms with Crippen molar-refractivity contribution in [3.05, 3.63) is 53.9 Å². The van der Waals surface area contributed by atoms with Gasteiger partial charge in [0.1, 0.15) is 5.54 Å². The number of aromatic carboxylic acids is 1. The Labute approximate surface area is 165 Å². The second-order valence-corrected chi connectivity index (χ2v) is 6.94. The summed E-state index contributed by atoms with van der Waals surface area (Å²) in [6.07, 6.45) is 1.08. The molecule has 8 heteroatoms. The Morgan fingerprint density at radius 1 is 1.07 bits per heavy atom. The maximum atomic E-state index is 12.8. The van der Waals surface area contributed by atoms with Gasteiger partial charge < -0.3 is 15.0 Å². The van der Waals surface area contributed by atoms with E-state index in [1.807, 2.05) is 0 Å². The standard InChI is InChI=1S/C21H19F3N2O3/c22-21(23,24)19(29)25-20(10-2-1-3-11-20)12-9-15-7-6-8-16(18(27)28)17(15)26-13-4-5-14-26/h4-8,13-14H,1-3,10-11H2,(H,25,29)(H,27,28). The van der Waals surface area contributed by atoms with E-state index in [1.165, 1.54) is 12.1 Å². The van der Waals surface area contributed by atoms with E-state index >= 15 is 0 Å². The van der Waals surface area contributed by atoms with E-state index in [0.717, 1.165) is 6.42 Å². The summed E-state index contributed by atoms with van der Waals surface area (Å²) in [5, 5.41) is 11.6. The summed E-state index contributed by atoms with van der Waals surface area (Å²) in [5.41, 5.74) is -0.596. The van der Waals surface area contributed by atoms with Crippen molar-refractivity contribution in [3.63, 3.8) is 0 Å². The molecule has 0 spiro atoms. The summed E-state index contributed by atoms with van der Waals surface area (Å²) >= 11 is 0. The van der Waals surface area contributed by atoms with Crippen molar-refractivity contribution in [1.29, 1.82) is 0 Å². The molecule has 1 aromatic carbocycles. The SMILES string of the molecule is O=C(O)c1cccc(C#CC2(NC(=O)C(F)(F)F)CCCCC2)c1-n1cccc1. The van der Waals surface area contributed by atoms with E-state index in [1.54, 1.807) is 35.2 Å². The topological polar surface area (TPSA) is 71.3 Å². The third-order valence-corrected chi connectivity index (χ3v) is 4.88. The molecule has 0 radical (unpaired) electrons. The number of nitrogens with zero attached hydrogens (tertiary/aromatic N) is 1. The molecule has 1 aromatic heterocycles. The quantitative estimate of drug-likeness (QED) is 0.762. The Morgan fingerprint density at radius 3 is 2.31 bits per heavy atom. The number of rotatable bonds is 3. The highest BCUT2D eigenvalue weighted by Crippen LogP contribution is 2.30. The van der Waals surface area contributed by atoms with E-state index < -0.39 is 23.6 Å². The first-order valence-electron chi connectivity index (χ1n) is 9.14. The van der Waals surface area contributed by atoms with Crippen LogP contribution in [0, 0.1) is 11.8 Å². The molecule has 0 unspecified atom stereocenters. The van der Waals surface area contributed by atoms with Crippen molar-refractivity contribution in [3.8, 4) is 17.5 Å². The van der Waals surface area contributed by atoms with Gasteiger partial charge in [-0.25, -0.2) is 4.79 Å². The van der Waals surface area contributed by atoms with Gasteiger partial charge >= 0.3 is 18.1 Å². The van der Waals surface area contributed by atoms with Crippen LogP contribution in [0.1, 0.15) is 48.0 Å². The molecule has 3 rings (SSSR count). The highest BCUT2D eigenvalue weighted by molar-refractivity contribution is 5.93. The van der Waals surface area contributed by atoms with Gasteiger partial charge in [0, 0.05) is 18.0 Å². The lowest BCUT2D eigenvalue weighted by Crippen LogP contribution is -2.53. The fourth-order valence-corrected chi connectivity index (χ4v) is 3.49. The molecule has 2 N–H and O–H groups in total. The molecule has 1 saturated carbocycles. The number of hydrogen-bond acceptors (Lipinski definition) is 2. The second-order valence-electron chi connectivity index (χ2n) is 6.94. The highest BCUT2D eigenvalue weighted by atomic mass is 19.4. The number of carboxylic acids is 1. The molecule has 1 heterocycles. The fraction of sp³-hybridized carbons (Fsp3) is 0.333. The Kier molecular flexibility index (Phi) is 5.69. The smallest absolute Gasteiger partial charge is 0.471 e. The lowest BCUT2D eigenvalue weighted by molar-refractivity contribution is -0.175. The van der Waals surface area contributed by atoms with Gasteiger partial charge in [0.2, 0.25) is 0 Å². The van der Waals surface area contributed by atoms with Crippen LogP contribution in [0.3, 0.4) is 0 Å². The molecule has 1 aliphatic carbocycles. The predicted molar refractivity (Wildman–Crippen MR) is 99.6 cm³/mol. The predicted octanol–water partition coefficient (Wildman–Crippen LogP) is 3.91. The van der Waals surface area contributed by atoms with Crippen LogP contribution in [-0.2, 0) is 4.79 Å². The van der Waals surface area contributed by atoms with Gasteiger partial charge in [-0.1, -0.05) is 37.2 Å². The number of carbonyl (C=O) groups excluding carboxylic acids is 1. The maximum absolute atomic E-state index is 12.8. The number of aromatic nitrogens is 1. The van der Waals surface area contributed by atoms with Crippen LogP contribution >= 0.6 is 0 Å². The maximum Gasteiger partial charge on any atom is 0.471 e. The minimum atomic E-state index is -4.99. The van der Waals surface area contributed by atoms with Crippen LogP contribution in [0.4, 0.5) is 13.2 Å². The Morgan fingerprint density at radius 2 is 1.72 bits per heavy atom. The molecule has 5 nitrogen and oxygen atoms in total. The lowest BCUT2D eigenvalue weighted by atomic mass is 9.81. The Bertz CT molecular complexity index is 963. The number of carboxylic acid groups (broad SMARTS) is 1. The Balaban J connectivity index is 2.05. The molecular formula is C21H19F3N2O3. The van der Waals surface area contributed by atoms with Crippen LogP contribution in [0.2, 0.25) is 0 Å². The molecule has 0 atom stereocenters. The molecule has 0 aliphatic heterocycles. The number of carbonyl (C=O) groups is 2. The summed E-state index contributed by atoms with van der Waals surface area (Å²) < 4.78 is 40.0. The number of alkyl halides is 3. The molecule has 1 amide bonds. The van der Waals surface area contributed by atoms with Gasteiger partial charge in [-0.15, -0.1) is 0 Å². The number of halogens is 3. The third kappa shape index (κ3) is 4.62. The highest BCUT2D eigenvalue weighted by Gasteiger charge is 2.43. The summed E-state index contributed by atoms with van der Waals surface area (Å²) in [7, 11) is 0. The summed E-state index contributed by atoms with van der Waals surface area (Å²) in [6.45, 7) is 0. The van der Waals surface area contributed by atoms with E-state index in [-0.39, 0.29) is 5.56 Å². The van der Waals surface area contributed by atoms with Crippen molar-refractivity contribution >= 4 is 11.9 Å². The zero-order valence-electron chi connectivity index (χ0n) is 15.4. The number of amides is 1. The number of para-hydroxylation sites is 1. The molecular weight excluding hydrogens is 385 g/mol. The fourth-order valence-electron chi connectivity index (χ4n) is 3.49. The van der Waals surface area contributed by atoms with Crippen molar-refractivity contribution in [2.75, 3.05) is 0 Å². The molecule has 1 fully saturated rings. The van der Waals surface area contributed by atoms with Crippen LogP contribution < -0.4 is 5.32 Å². The van der Waals surface area contributed by atoms with Gasteiger partial charge in [0.15, 0.2) is 0 Å². The zero-order chi connectivity index (χ0) is 21.1. The molecule has 152 valence electrons. The molecule has 0 bridgehead atoms. The summed E-state index contributed by atoms with van der Waals surface area (Å²) in [6, 6.07) is 8.02. The second kappa shape index (κ2) is 8.03. The van der Waals surface area contributed by atoms with E-state index in [0.29, 0.717) is 36.9 Å². The molecule has 0 saturated heterocycles. The molecule has 29 heavy (non-hydrogen) atoms. The van der Waals surface area contributed by atoms with Crippen molar-refractivity contribution in [2.45, 2.75) is 43.8 Å². The van der Waals surface area contributed by atoms with Gasteiger partial charge in [0.25, 0.3) is 0 Å². The van der Waals surface area contributed by atoms with E-state index in [4.69, 9.17) is 0 Å². The number of benzene rings is 1. The van der Waals surface area contributed by atoms with Crippen LogP contribution in [0.25, 0.3) is 5.69 Å². The average molecular weight is 404 g/mol. The van der Waals surface area contributed by atoms with Crippen molar-refractivity contribution in [2.24, 2.45) is 0 Å². The van der Waals surface area contributed by atoms with Crippen LogP contribution in [-0.4, -0.2) is 33.3 Å². The number of hydrogen-bond donors (Lipinski definition) is 2. The van der Waals surface area contributed by atoms with E-state index in [9.17, 15) is 27.9 Å². The summed E-state index contributed by atoms with van der Waals surface area (Å²) in [5.74, 6) is 2.52. The average Bonchev–Trinajstić information content (AvgIpc) is 3.20. The normalized spacial score (nSPS) is 15.8. The summed E-state index contributed by atoms with van der Waals surface area (Å²) in [4.78, 5) is 23.2. The van der Waals surface area contributed by atoms with Crippen molar-refractivity contribution in [1.82, 2.24) is 9.88 Å². The van der Waals surface area contributed by atoms with Gasteiger partial charge in [-0.2, -0.15) is 13.2 Å². The molecule has 2 aromatic rings. The first-order chi connectivity index (χ1) is 13.7. The van der Waals surface area contributed by atoms with Gasteiger partial charge in [-0.05, 0) is 37.1 Å². The first-order valence-corrected chi connectivity index (χ1v) is 9.14. The number of nitrogens with one attached hydrogen (secondary N) is 1. The third-order valence-electron chi connectivity index (χ3n) is 4.88. The minimum absolute atomic E-state index is 0.0185. The van der Waals surface area contributed by atoms with Crippen LogP contribution in [0.15, 0.2) is 42.7 Å². The largest absolute Gasteiger partial charge is 0.478 e. The van der Waals surface area contributed by atoms with Gasteiger partial charge in [-0.3, -0.25) is 4.79 Å². The van der Waals surface area contributed by atoms with Gasteiger partial charge in [0.05, 0.1) is 11.3 Å². The van der Waals surface area contributed by atoms with E-state index in [2.05, 4.69) is 17.2 Å². The van der Waals surface area contributed by atoms with Crippen molar-refractivity contribution < 1.29 is 27.9 Å². The minimum Gasteiger partial charge on any atom is -0.478 e.